The number of amides is 1. The minimum absolute atomic E-state index is 0.00416. The van der Waals surface area contributed by atoms with Crippen LogP contribution in [0.2, 0.25) is 0 Å². The molecule has 4 N–H and O–H groups in total. The van der Waals surface area contributed by atoms with E-state index < -0.39 is 26.6 Å². The Bertz CT molecular complexity index is 2590. The number of nitroso groups, excluding NO2 is 1. The number of carbonyl (C=O) groups is 1. The van der Waals surface area contributed by atoms with Crippen LogP contribution in [0.15, 0.2) is 89.3 Å². The molecule has 2 aliphatic carbocycles. The van der Waals surface area contributed by atoms with Gasteiger partial charge < -0.3 is 25.0 Å². The van der Waals surface area contributed by atoms with Crippen LogP contribution < -0.4 is 19.7 Å². The molecule has 5 heterocycles. The first kappa shape index (κ1) is 42.9. The number of aromatic amines is 1. The second kappa shape index (κ2) is 17.3. The number of hydrogen-bond acceptors (Lipinski definition) is 12. The zero-order valence-electron chi connectivity index (χ0n) is 36.3. The van der Waals surface area contributed by atoms with Crippen molar-refractivity contribution in [3.63, 3.8) is 0 Å². The molecule has 1 atom stereocenters. The van der Waals surface area contributed by atoms with Gasteiger partial charge in [0.25, 0.3) is 15.9 Å². The average molecular weight is 875 g/mol. The van der Waals surface area contributed by atoms with Crippen molar-refractivity contribution >= 4 is 44.2 Å². The molecule has 332 valence electrons. The molecule has 9 rings (SSSR count). The van der Waals surface area contributed by atoms with Gasteiger partial charge in [0, 0.05) is 55.1 Å². The highest BCUT2D eigenvalue weighted by Crippen LogP contribution is 2.54. The third kappa shape index (κ3) is 9.05. The molecule has 2 saturated carbocycles. The molecule has 3 aromatic heterocycles. The number of ether oxygens (including phenoxy) is 1. The molecule has 0 radical (unpaired) electrons. The molecular weight excluding hydrogens is 817 g/mol. The van der Waals surface area contributed by atoms with Crippen molar-refractivity contribution < 1.29 is 23.1 Å². The van der Waals surface area contributed by atoms with E-state index in [2.05, 4.69) is 78.1 Å². The number of pyridine rings is 2. The summed E-state index contributed by atoms with van der Waals surface area (Å²) in [5, 5.41) is 16.7. The van der Waals surface area contributed by atoms with Crippen LogP contribution in [0.3, 0.4) is 0 Å². The van der Waals surface area contributed by atoms with Crippen LogP contribution in [0, 0.1) is 16.2 Å². The summed E-state index contributed by atoms with van der Waals surface area (Å²) in [6, 6.07) is 21.7. The highest BCUT2D eigenvalue weighted by atomic mass is 32.2. The number of likely N-dealkylation sites (tertiary alicyclic amines) is 1. The number of aliphatic hydroxyl groups is 1. The lowest BCUT2D eigenvalue weighted by Gasteiger charge is -2.56. The summed E-state index contributed by atoms with van der Waals surface area (Å²) < 4.78 is 35.8. The summed E-state index contributed by atoms with van der Waals surface area (Å²) in [5.41, 5.74) is 4.47. The lowest BCUT2D eigenvalue weighted by Crippen LogP contribution is -2.54. The number of anilines is 2. The molecule has 1 spiro atoms. The normalized spacial score (nSPS) is 22.9. The smallest absolute Gasteiger partial charge is 0.281 e. The summed E-state index contributed by atoms with van der Waals surface area (Å²) in [6.07, 6.45) is 13.3. The molecule has 5 aromatic rings. The predicted molar refractivity (Wildman–Crippen MR) is 244 cm³/mol. The molecule has 0 unspecified atom stereocenters. The number of sulfonamides is 1. The second-order valence-electron chi connectivity index (χ2n) is 19.0. The SMILES string of the molecule is CC(C)c1ccccc1[C@H]1CCCN1C1CC2(CCN(c3ccc(C(=O)NS(=O)(=O)c4ccc(NC[C@H]5CC[C@](C)(O)CC5)c(N=O)n4)c(Oc4cnc5[nH]ccc5c4)c3)CC2)C1. The first-order chi connectivity index (χ1) is 30.3. The number of carbonyl (C=O) groups excluding carboxylic acids is 1. The number of nitrogens with one attached hydrogen (secondary N) is 3. The van der Waals surface area contributed by atoms with Crippen LogP contribution >= 0.6 is 0 Å². The summed E-state index contributed by atoms with van der Waals surface area (Å²) >= 11 is 0. The van der Waals surface area contributed by atoms with E-state index >= 15 is 0 Å². The molecule has 15 heteroatoms. The average Bonchev–Trinajstić information content (AvgIpc) is 3.95. The third-order valence-electron chi connectivity index (χ3n) is 14.3. The topological polar surface area (TPSA) is 182 Å². The Labute approximate surface area is 369 Å². The number of benzene rings is 2. The molecule has 4 aliphatic rings. The first-order valence-corrected chi connectivity index (χ1v) is 24.0. The van der Waals surface area contributed by atoms with Gasteiger partial charge in [-0.2, -0.15) is 8.42 Å². The Morgan fingerprint density at radius 2 is 1.78 bits per heavy atom. The number of hydrogen-bond donors (Lipinski definition) is 4. The Morgan fingerprint density at radius 3 is 2.54 bits per heavy atom. The molecule has 14 nitrogen and oxygen atoms in total. The predicted octanol–water partition coefficient (Wildman–Crippen LogP) is 9.33. The summed E-state index contributed by atoms with van der Waals surface area (Å²) in [6.45, 7) is 9.80. The summed E-state index contributed by atoms with van der Waals surface area (Å²) in [4.78, 5) is 42.4. The van der Waals surface area contributed by atoms with E-state index in [1.807, 2.05) is 19.1 Å². The van der Waals surface area contributed by atoms with E-state index in [9.17, 15) is 23.2 Å². The zero-order chi connectivity index (χ0) is 43.9. The van der Waals surface area contributed by atoms with E-state index in [4.69, 9.17) is 4.74 Å². The maximum atomic E-state index is 13.9. The Morgan fingerprint density at radius 1 is 1.00 bits per heavy atom. The highest BCUT2D eigenvalue weighted by Gasteiger charge is 2.50. The quantitative estimate of drug-likeness (QED) is 0.0828. The van der Waals surface area contributed by atoms with Gasteiger partial charge in [0.15, 0.2) is 5.03 Å². The number of rotatable bonds is 13. The zero-order valence-corrected chi connectivity index (χ0v) is 37.2. The lowest BCUT2D eigenvalue weighted by atomic mass is 9.59. The van der Waals surface area contributed by atoms with Crippen molar-refractivity contribution in [2.45, 2.75) is 114 Å². The van der Waals surface area contributed by atoms with Crippen LogP contribution in [0.1, 0.15) is 118 Å². The van der Waals surface area contributed by atoms with E-state index in [0.717, 1.165) is 56.4 Å². The van der Waals surface area contributed by atoms with Crippen molar-refractivity contribution in [2.75, 3.05) is 36.4 Å². The van der Waals surface area contributed by atoms with Crippen LogP contribution in [-0.4, -0.2) is 77.1 Å². The van der Waals surface area contributed by atoms with Gasteiger partial charge in [0.05, 0.1) is 23.0 Å². The lowest BCUT2D eigenvalue weighted by molar-refractivity contribution is -0.0227. The molecule has 4 fully saturated rings. The Hall–Kier alpha value is -5.38. The first-order valence-electron chi connectivity index (χ1n) is 22.5. The number of nitrogens with zero attached hydrogens (tertiary/aromatic N) is 5. The van der Waals surface area contributed by atoms with E-state index in [1.54, 1.807) is 30.6 Å². The third-order valence-corrected chi connectivity index (χ3v) is 15.5. The van der Waals surface area contributed by atoms with Crippen molar-refractivity contribution in [1.29, 1.82) is 0 Å². The van der Waals surface area contributed by atoms with Crippen LogP contribution in [-0.2, 0) is 10.0 Å². The summed E-state index contributed by atoms with van der Waals surface area (Å²) in [5.74, 6) is 0.0806. The number of H-pyrrole nitrogens is 1. The van der Waals surface area contributed by atoms with Gasteiger partial charge in [-0.3, -0.25) is 9.69 Å². The minimum atomic E-state index is -4.54. The van der Waals surface area contributed by atoms with Gasteiger partial charge >= 0.3 is 0 Å². The van der Waals surface area contributed by atoms with Crippen molar-refractivity contribution in [1.82, 2.24) is 24.6 Å². The molecule has 1 amide bonds. The maximum absolute atomic E-state index is 13.9. The van der Waals surface area contributed by atoms with Crippen molar-refractivity contribution in [2.24, 2.45) is 16.5 Å². The largest absolute Gasteiger partial charge is 0.455 e. The highest BCUT2D eigenvalue weighted by molar-refractivity contribution is 7.90. The second-order valence-corrected chi connectivity index (χ2v) is 20.6. The van der Waals surface area contributed by atoms with Gasteiger partial charge in [-0.15, -0.1) is 4.91 Å². The fourth-order valence-corrected chi connectivity index (χ4v) is 11.5. The van der Waals surface area contributed by atoms with Crippen molar-refractivity contribution in [3.8, 4) is 11.5 Å². The monoisotopic (exact) mass is 874 g/mol. The van der Waals surface area contributed by atoms with Gasteiger partial charge in [-0.1, -0.05) is 38.1 Å². The maximum Gasteiger partial charge on any atom is 0.281 e. The van der Waals surface area contributed by atoms with E-state index in [-0.39, 0.29) is 28.7 Å². The van der Waals surface area contributed by atoms with E-state index in [0.29, 0.717) is 54.2 Å². The molecule has 63 heavy (non-hydrogen) atoms. The standard InChI is InChI=1S/C48H58N8O6S/c1-31(2)37-7-4-5-8-38(37)41-9-6-22-56(41)35-27-48(28-35)19-23-55(24-20-48)34-10-11-39(42(26-34)62-36-25-33-16-21-49-44(33)51-30-36)46(57)54-63(60,61)43-13-12-40(45(52-43)53-59)50-29-32-14-17-47(3,58)18-15-32/h4-5,7-8,10-13,16,21,25-26,30-32,35,41,50,58H,6,9,14-15,17-20,22-24,27-29H2,1-3H3,(H,49,51)(H,54,57)/t32-,41-,47-/m1/s1. The fraction of sp³-hybridized carbons (Fsp3) is 0.479. The number of fused-ring (bicyclic) bond motifs is 1. The van der Waals surface area contributed by atoms with Gasteiger partial charge in [-0.25, -0.2) is 14.7 Å². The van der Waals surface area contributed by atoms with Gasteiger partial charge in [-0.05, 0) is 148 Å². The summed E-state index contributed by atoms with van der Waals surface area (Å²) in [7, 11) is -4.54. The minimum Gasteiger partial charge on any atom is -0.455 e. The Balaban J connectivity index is 0.887. The number of aromatic nitrogens is 3. The molecule has 2 aromatic carbocycles. The van der Waals surface area contributed by atoms with Crippen LogP contribution in [0.5, 0.6) is 11.5 Å². The molecule has 0 bridgehead atoms. The van der Waals surface area contributed by atoms with Crippen LogP contribution in [0.4, 0.5) is 17.2 Å². The Kier molecular flexibility index (Phi) is 11.8. The van der Waals surface area contributed by atoms with Crippen molar-refractivity contribution in [3.05, 3.63) is 101 Å². The van der Waals surface area contributed by atoms with E-state index in [1.165, 1.54) is 48.9 Å². The molecule has 2 saturated heterocycles. The fourth-order valence-electron chi connectivity index (χ4n) is 10.6. The molecular formula is C48H58N8O6S. The number of piperidine rings is 1. The van der Waals surface area contributed by atoms with Gasteiger partial charge in [0.2, 0.25) is 5.82 Å². The molecule has 2 aliphatic heterocycles. The van der Waals surface area contributed by atoms with Gasteiger partial charge in [0.1, 0.15) is 17.1 Å². The van der Waals surface area contributed by atoms with Crippen LogP contribution in [0.25, 0.3) is 11.0 Å².